The molecule has 8 nitrogen and oxygen atoms in total. The van der Waals surface area contributed by atoms with Gasteiger partial charge in [-0.15, -0.1) is 0 Å². The topological polar surface area (TPSA) is 114 Å². The Labute approximate surface area is 148 Å². The number of aliphatic imine (C=N–C) groups is 2. The van der Waals surface area contributed by atoms with E-state index in [-0.39, 0.29) is 16.5 Å². The Kier molecular flexibility index (Phi) is 16.2. The smallest absolute Gasteiger partial charge is 0.411 e. The van der Waals surface area contributed by atoms with E-state index in [4.69, 9.17) is 10.4 Å². The molecule has 4 N–H and O–H groups in total. The molecule has 0 saturated heterocycles. The molecule has 0 saturated carbocycles. The maximum atomic E-state index is 8.58. The summed E-state index contributed by atoms with van der Waals surface area (Å²) < 4.78 is 0. The SMILES string of the molecule is CC(=NCCNCCNCCN=C(C)/C(C)=N/O)/C(C)=N/O.[Ni+2]. The number of hydrogen-bond acceptors (Lipinski definition) is 8. The first-order valence-corrected chi connectivity index (χ1v) is 7.34. The van der Waals surface area contributed by atoms with Crippen LogP contribution in [0.25, 0.3) is 0 Å². The Morgan fingerprint density at radius 1 is 0.652 bits per heavy atom. The average molecular weight is 371 g/mol. The number of nitrogens with one attached hydrogen (secondary N) is 2. The van der Waals surface area contributed by atoms with Crippen molar-refractivity contribution in [2.45, 2.75) is 27.7 Å². The third-order valence-corrected chi connectivity index (χ3v) is 3.10. The van der Waals surface area contributed by atoms with E-state index >= 15 is 0 Å². The molecule has 0 aromatic carbocycles. The van der Waals surface area contributed by atoms with Gasteiger partial charge >= 0.3 is 16.5 Å². The van der Waals surface area contributed by atoms with Crippen molar-refractivity contribution >= 4 is 22.8 Å². The Balaban J connectivity index is 0. The monoisotopic (exact) mass is 370 g/mol. The predicted molar refractivity (Wildman–Crippen MR) is 91.5 cm³/mol. The molecular formula is C14H28N6NiO2+2. The first kappa shape index (κ1) is 24.0. The van der Waals surface area contributed by atoms with Gasteiger partial charge in [0, 0.05) is 26.2 Å². The molecule has 0 fully saturated rings. The minimum atomic E-state index is 0. The summed E-state index contributed by atoms with van der Waals surface area (Å²) in [6.45, 7) is 11.6. The minimum absolute atomic E-state index is 0. The minimum Gasteiger partial charge on any atom is -0.411 e. The molecule has 0 aliphatic carbocycles. The van der Waals surface area contributed by atoms with E-state index in [0.29, 0.717) is 24.5 Å². The van der Waals surface area contributed by atoms with E-state index in [1.807, 2.05) is 13.8 Å². The Bertz CT molecular complexity index is 395. The molecule has 0 aliphatic rings. The van der Waals surface area contributed by atoms with Gasteiger partial charge in [-0.1, -0.05) is 10.3 Å². The second-order valence-corrected chi connectivity index (χ2v) is 4.81. The molecule has 23 heavy (non-hydrogen) atoms. The van der Waals surface area contributed by atoms with Gasteiger partial charge in [0.05, 0.1) is 35.9 Å². The molecular weight excluding hydrogens is 343 g/mol. The van der Waals surface area contributed by atoms with Crippen molar-refractivity contribution in [3.05, 3.63) is 0 Å². The fraction of sp³-hybridized carbons (Fsp3) is 0.714. The van der Waals surface area contributed by atoms with Gasteiger partial charge in [-0.25, -0.2) is 0 Å². The largest absolute Gasteiger partial charge is 2.00 e. The van der Waals surface area contributed by atoms with E-state index in [0.717, 1.165) is 37.6 Å². The molecule has 0 unspecified atom stereocenters. The summed E-state index contributed by atoms with van der Waals surface area (Å²) in [6, 6.07) is 0. The van der Waals surface area contributed by atoms with Crippen LogP contribution >= 0.6 is 0 Å². The maximum absolute atomic E-state index is 8.58. The molecule has 0 atom stereocenters. The van der Waals surface area contributed by atoms with E-state index in [2.05, 4.69) is 30.9 Å². The van der Waals surface area contributed by atoms with Gasteiger partial charge in [0.15, 0.2) is 0 Å². The van der Waals surface area contributed by atoms with Gasteiger partial charge in [0.1, 0.15) is 0 Å². The van der Waals surface area contributed by atoms with Gasteiger partial charge in [0.2, 0.25) is 0 Å². The summed E-state index contributed by atoms with van der Waals surface area (Å²) in [6.07, 6.45) is 0. The van der Waals surface area contributed by atoms with Crippen LogP contribution in [0.3, 0.4) is 0 Å². The number of nitrogens with zero attached hydrogens (tertiary/aromatic N) is 4. The van der Waals surface area contributed by atoms with E-state index in [1.165, 1.54) is 0 Å². The fourth-order valence-electron chi connectivity index (χ4n) is 1.41. The first-order chi connectivity index (χ1) is 10.5. The fourth-order valence-corrected chi connectivity index (χ4v) is 1.41. The third kappa shape index (κ3) is 12.9. The third-order valence-electron chi connectivity index (χ3n) is 3.10. The van der Waals surface area contributed by atoms with E-state index in [9.17, 15) is 0 Å². The normalized spacial score (nSPS) is 13.9. The summed E-state index contributed by atoms with van der Waals surface area (Å²) in [4.78, 5) is 8.56. The molecule has 0 heterocycles. The Hall–Kier alpha value is -1.31. The second-order valence-electron chi connectivity index (χ2n) is 4.81. The zero-order valence-electron chi connectivity index (χ0n) is 14.2. The summed E-state index contributed by atoms with van der Waals surface area (Å²) >= 11 is 0. The zero-order valence-corrected chi connectivity index (χ0v) is 15.2. The van der Waals surface area contributed by atoms with Crippen molar-refractivity contribution in [1.82, 2.24) is 10.6 Å². The Morgan fingerprint density at radius 3 is 1.30 bits per heavy atom. The van der Waals surface area contributed by atoms with Crippen LogP contribution in [0.15, 0.2) is 20.3 Å². The quantitative estimate of drug-likeness (QED) is 0.141. The summed E-state index contributed by atoms with van der Waals surface area (Å²) in [7, 11) is 0. The predicted octanol–water partition coefficient (Wildman–Crippen LogP) is 0.785. The van der Waals surface area contributed by atoms with Gasteiger partial charge in [-0.2, -0.15) is 0 Å². The molecule has 0 spiro atoms. The van der Waals surface area contributed by atoms with Crippen LogP contribution in [0.2, 0.25) is 0 Å². The van der Waals surface area contributed by atoms with Gasteiger partial charge < -0.3 is 21.0 Å². The molecule has 0 amide bonds. The van der Waals surface area contributed by atoms with E-state index in [1.54, 1.807) is 13.8 Å². The number of rotatable bonds is 11. The summed E-state index contributed by atoms with van der Waals surface area (Å²) in [5.41, 5.74) is 2.58. The molecule has 9 heteroatoms. The van der Waals surface area contributed by atoms with Crippen molar-refractivity contribution in [1.29, 1.82) is 0 Å². The van der Waals surface area contributed by atoms with Crippen molar-refractivity contribution in [2.75, 3.05) is 39.3 Å². The van der Waals surface area contributed by atoms with Crippen LogP contribution < -0.4 is 10.6 Å². The van der Waals surface area contributed by atoms with E-state index < -0.39 is 0 Å². The molecule has 0 aliphatic heterocycles. The molecule has 0 rings (SSSR count). The van der Waals surface area contributed by atoms with Gasteiger partial charge in [-0.3, -0.25) is 9.98 Å². The van der Waals surface area contributed by atoms with Crippen LogP contribution in [-0.4, -0.2) is 72.5 Å². The van der Waals surface area contributed by atoms with Crippen LogP contribution in [0.1, 0.15) is 27.7 Å². The summed E-state index contributed by atoms with van der Waals surface area (Å²) in [5, 5.41) is 29.9. The number of hydrogen-bond donors (Lipinski definition) is 4. The molecule has 0 radical (unpaired) electrons. The van der Waals surface area contributed by atoms with Crippen LogP contribution in [0.4, 0.5) is 0 Å². The number of oxime groups is 2. The van der Waals surface area contributed by atoms with Crippen LogP contribution in [-0.2, 0) is 16.5 Å². The Morgan fingerprint density at radius 2 is 1.00 bits per heavy atom. The van der Waals surface area contributed by atoms with Crippen molar-refractivity contribution in [3.63, 3.8) is 0 Å². The van der Waals surface area contributed by atoms with Crippen LogP contribution in [0, 0.1) is 0 Å². The first-order valence-electron chi connectivity index (χ1n) is 7.34. The maximum Gasteiger partial charge on any atom is 2.00 e. The van der Waals surface area contributed by atoms with Crippen molar-refractivity contribution < 1.29 is 26.9 Å². The van der Waals surface area contributed by atoms with Gasteiger partial charge in [0.25, 0.3) is 0 Å². The zero-order chi connectivity index (χ0) is 16.8. The summed E-state index contributed by atoms with van der Waals surface area (Å²) in [5.74, 6) is 0. The molecule has 0 bridgehead atoms. The molecule has 134 valence electrons. The van der Waals surface area contributed by atoms with Gasteiger partial charge in [-0.05, 0) is 27.7 Å². The second kappa shape index (κ2) is 15.6. The van der Waals surface area contributed by atoms with Crippen molar-refractivity contribution in [2.24, 2.45) is 20.3 Å². The van der Waals surface area contributed by atoms with Crippen LogP contribution in [0.5, 0.6) is 0 Å². The molecule has 0 aromatic heterocycles. The standard InChI is InChI=1S/C14H28N6O2.Ni/c1-11(13(3)19-21)17-9-7-15-5-6-16-8-10-18-12(2)14(4)20-22;/h15-16,21-22H,5-10H2,1-4H3;/q;+2/b17-11?,18-12?,19-13+,20-14+;. The van der Waals surface area contributed by atoms with Crippen molar-refractivity contribution in [3.8, 4) is 0 Å². The average Bonchev–Trinajstić information content (AvgIpc) is 2.54. The molecule has 0 aromatic rings.